The van der Waals surface area contributed by atoms with Gasteiger partial charge in [0.1, 0.15) is 0 Å². The van der Waals surface area contributed by atoms with Crippen LogP contribution in [0.25, 0.3) is 0 Å². The molecule has 80 valence electrons. The summed E-state index contributed by atoms with van der Waals surface area (Å²) in [6.07, 6.45) is 0. The van der Waals surface area contributed by atoms with Gasteiger partial charge in [0.05, 0.1) is 5.75 Å². The van der Waals surface area contributed by atoms with Gasteiger partial charge < -0.3 is 8.98 Å². The van der Waals surface area contributed by atoms with E-state index in [1.54, 1.807) is 0 Å². The zero-order chi connectivity index (χ0) is 10.7. The summed E-state index contributed by atoms with van der Waals surface area (Å²) in [6.45, 7) is 11.1. The predicted octanol–water partition coefficient (Wildman–Crippen LogP) is 2.23. The Balaban J connectivity index is 3.97. The zero-order valence-electron chi connectivity index (χ0n) is 9.09. The maximum Gasteiger partial charge on any atom is 0.192 e. The molecule has 0 aliphatic carbocycles. The van der Waals surface area contributed by atoms with E-state index in [4.69, 9.17) is 8.98 Å². The van der Waals surface area contributed by atoms with Gasteiger partial charge in [0.15, 0.2) is 19.4 Å². The lowest BCUT2D eigenvalue weighted by molar-refractivity contribution is 0.308. The van der Waals surface area contributed by atoms with Crippen LogP contribution in [-0.4, -0.2) is 29.4 Å². The van der Waals surface area contributed by atoms with Crippen molar-refractivity contribution < 1.29 is 13.2 Å². The largest absolute Gasteiger partial charge is 0.416 e. The average molecular weight is 224 g/mol. The van der Waals surface area contributed by atoms with Gasteiger partial charge in [-0.25, -0.2) is 4.21 Å². The highest BCUT2D eigenvalue weighted by Gasteiger charge is 2.36. The lowest BCUT2D eigenvalue weighted by Crippen LogP contribution is -2.41. The normalized spacial score (nSPS) is 15.8. The van der Waals surface area contributed by atoms with Crippen molar-refractivity contribution in [1.29, 1.82) is 0 Å². The fraction of sp³-hybridized carbons (Fsp3) is 1.00. The lowest BCUT2D eigenvalue weighted by atomic mass is 10.2. The molecule has 0 aromatic rings. The molecule has 0 radical (unpaired) electrons. The molecule has 0 saturated heterocycles. The van der Waals surface area contributed by atoms with Gasteiger partial charge in [-0.15, -0.1) is 0 Å². The Morgan fingerprint density at radius 1 is 1.38 bits per heavy atom. The van der Waals surface area contributed by atoms with E-state index in [9.17, 15) is 4.21 Å². The average Bonchev–Trinajstić information content (AvgIpc) is 1.82. The topological polar surface area (TPSA) is 46.5 Å². The summed E-state index contributed by atoms with van der Waals surface area (Å²) >= 11 is -1.73. The van der Waals surface area contributed by atoms with Crippen molar-refractivity contribution in [3.05, 3.63) is 0 Å². The van der Waals surface area contributed by atoms with Gasteiger partial charge in [-0.2, -0.15) is 0 Å². The molecule has 0 aromatic carbocycles. The molecular formula is C8H20O3SSi. The van der Waals surface area contributed by atoms with Crippen molar-refractivity contribution in [3.8, 4) is 0 Å². The van der Waals surface area contributed by atoms with Gasteiger partial charge in [-0.3, -0.25) is 0 Å². The third kappa shape index (κ3) is 4.90. The smallest absolute Gasteiger partial charge is 0.192 e. The van der Waals surface area contributed by atoms with Gasteiger partial charge in [0, 0.05) is 6.61 Å². The zero-order valence-corrected chi connectivity index (χ0v) is 10.9. The van der Waals surface area contributed by atoms with Gasteiger partial charge >= 0.3 is 0 Å². The van der Waals surface area contributed by atoms with Crippen LogP contribution in [0.2, 0.25) is 18.1 Å². The second-order valence-corrected chi connectivity index (χ2v) is 10.5. The molecule has 0 fully saturated rings. The summed E-state index contributed by atoms with van der Waals surface area (Å²) in [4.78, 5) is 0. The van der Waals surface area contributed by atoms with Gasteiger partial charge in [-0.05, 0) is 18.1 Å². The molecule has 0 rings (SSSR count). The van der Waals surface area contributed by atoms with Crippen molar-refractivity contribution >= 4 is 19.4 Å². The first kappa shape index (κ1) is 13.3. The van der Waals surface area contributed by atoms with E-state index >= 15 is 0 Å². The molecule has 1 atom stereocenters. The fourth-order valence-electron chi connectivity index (χ4n) is 0.585. The molecule has 0 bridgehead atoms. The Morgan fingerprint density at radius 2 is 1.85 bits per heavy atom. The summed E-state index contributed by atoms with van der Waals surface area (Å²) in [6, 6.07) is 0. The van der Waals surface area contributed by atoms with Gasteiger partial charge in [0.2, 0.25) is 0 Å². The van der Waals surface area contributed by atoms with Crippen molar-refractivity contribution in [2.24, 2.45) is 0 Å². The quantitative estimate of drug-likeness (QED) is 0.588. The molecule has 1 unspecified atom stereocenters. The molecule has 5 heteroatoms. The summed E-state index contributed by atoms with van der Waals surface area (Å²) in [7, 11) is -1.72. The first-order valence-electron chi connectivity index (χ1n) is 4.38. The number of hydrogen-bond acceptors (Lipinski definition) is 2. The minimum absolute atomic E-state index is 0.171. The first-order valence-corrected chi connectivity index (χ1v) is 8.56. The molecule has 0 amide bonds. The minimum atomic E-state index is -1.73. The van der Waals surface area contributed by atoms with E-state index in [1.807, 2.05) is 0 Å². The molecule has 0 aliphatic heterocycles. The molecule has 0 aromatic heterocycles. The van der Waals surface area contributed by atoms with Crippen LogP contribution in [0, 0.1) is 0 Å². The summed E-state index contributed by atoms with van der Waals surface area (Å²) in [5, 5.41) is 0.171. The Hall–Kier alpha value is 0.287. The van der Waals surface area contributed by atoms with Crippen LogP contribution in [0.3, 0.4) is 0 Å². The first-order chi connectivity index (χ1) is 5.67. The van der Waals surface area contributed by atoms with Crippen LogP contribution < -0.4 is 0 Å². The maximum atomic E-state index is 10.4. The fourth-order valence-corrected chi connectivity index (χ4v) is 2.00. The molecule has 0 heterocycles. The molecule has 0 aliphatic rings. The van der Waals surface area contributed by atoms with Crippen molar-refractivity contribution in [2.45, 2.75) is 38.9 Å². The summed E-state index contributed by atoms with van der Waals surface area (Å²) < 4.78 is 24.6. The lowest BCUT2D eigenvalue weighted by Gasteiger charge is -2.35. The van der Waals surface area contributed by atoms with Crippen molar-refractivity contribution in [3.63, 3.8) is 0 Å². The summed E-state index contributed by atoms with van der Waals surface area (Å²) in [5.74, 6) is 0.215. The van der Waals surface area contributed by atoms with E-state index in [-0.39, 0.29) is 10.8 Å². The van der Waals surface area contributed by atoms with Crippen LogP contribution in [-0.2, 0) is 15.5 Å². The molecule has 3 nitrogen and oxygen atoms in total. The SMILES string of the molecule is CC(C)(C)[Si](C)(C)OCCS(=O)O. The van der Waals surface area contributed by atoms with Gasteiger partial charge in [0.25, 0.3) is 0 Å². The number of rotatable bonds is 4. The predicted molar refractivity (Wildman–Crippen MR) is 58.8 cm³/mol. The Kier molecular flexibility index (Phi) is 4.78. The number of hydrogen-bond donors (Lipinski definition) is 1. The van der Waals surface area contributed by atoms with Crippen LogP contribution in [0.1, 0.15) is 20.8 Å². The highest BCUT2D eigenvalue weighted by atomic mass is 32.2. The van der Waals surface area contributed by atoms with E-state index in [0.717, 1.165) is 0 Å². The third-order valence-corrected chi connectivity index (χ3v) is 7.58. The van der Waals surface area contributed by atoms with Crippen LogP contribution >= 0.6 is 0 Å². The highest BCUT2D eigenvalue weighted by Crippen LogP contribution is 2.36. The molecule has 0 spiro atoms. The molecular weight excluding hydrogens is 204 g/mol. The van der Waals surface area contributed by atoms with E-state index in [0.29, 0.717) is 6.61 Å². The van der Waals surface area contributed by atoms with E-state index < -0.39 is 19.4 Å². The Labute approximate surface area is 84.3 Å². The van der Waals surface area contributed by atoms with E-state index in [2.05, 4.69) is 33.9 Å². The maximum absolute atomic E-state index is 10.4. The standard InChI is InChI=1S/C8H20O3SSi/c1-8(2,3)13(4,5)11-6-7-12(9)10/h6-7H2,1-5H3,(H,9,10). The second kappa shape index (κ2) is 4.68. The van der Waals surface area contributed by atoms with Crippen molar-refractivity contribution in [2.75, 3.05) is 12.4 Å². The van der Waals surface area contributed by atoms with Crippen LogP contribution in [0.4, 0.5) is 0 Å². The molecule has 1 N–H and O–H groups in total. The Bertz CT molecular complexity index is 186. The minimum Gasteiger partial charge on any atom is -0.416 e. The third-order valence-electron chi connectivity index (χ3n) is 2.53. The van der Waals surface area contributed by atoms with Gasteiger partial charge in [-0.1, -0.05) is 20.8 Å². The highest BCUT2D eigenvalue weighted by molar-refractivity contribution is 7.79. The van der Waals surface area contributed by atoms with Crippen LogP contribution in [0.5, 0.6) is 0 Å². The van der Waals surface area contributed by atoms with Crippen LogP contribution in [0.15, 0.2) is 0 Å². The molecule has 0 saturated carbocycles. The van der Waals surface area contributed by atoms with E-state index in [1.165, 1.54) is 0 Å². The van der Waals surface area contributed by atoms with Crippen molar-refractivity contribution in [1.82, 2.24) is 0 Å². The Morgan fingerprint density at radius 3 is 2.15 bits per heavy atom. The monoisotopic (exact) mass is 224 g/mol. The summed E-state index contributed by atoms with van der Waals surface area (Å²) in [5.41, 5.74) is 0. The molecule has 13 heavy (non-hydrogen) atoms. The second-order valence-electron chi connectivity index (χ2n) is 4.63.